The van der Waals surface area contributed by atoms with Gasteiger partial charge in [0.05, 0.1) is 0 Å². The second-order valence-electron chi connectivity index (χ2n) is 5.90. The van der Waals surface area contributed by atoms with E-state index in [2.05, 4.69) is 15.0 Å². The molecule has 0 aromatic carbocycles. The molecule has 4 atom stereocenters. The van der Waals surface area contributed by atoms with Crippen LogP contribution < -0.4 is 5.73 Å². The fraction of sp³-hybridized carbons (Fsp3) is 0.583. The first-order valence-corrected chi connectivity index (χ1v) is 15.1. The Labute approximate surface area is 131 Å². The number of rotatable bonds is 2. The summed E-state index contributed by atoms with van der Waals surface area (Å²) in [6.07, 6.45) is 1.63. The van der Waals surface area contributed by atoms with Crippen molar-refractivity contribution < 1.29 is 16.0 Å². The zero-order chi connectivity index (χ0) is 15.5. The van der Waals surface area contributed by atoms with E-state index in [9.17, 15) is 5.11 Å². The maximum atomic E-state index is 9.55. The van der Waals surface area contributed by atoms with Gasteiger partial charge in [0.25, 0.3) is 0 Å². The van der Waals surface area contributed by atoms with Crippen molar-refractivity contribution in [1.82, 2.24) is 19.5 Å². The molecule has 3 N–H and O–H groups in total. The summed E-state index contributed by atoms with van der Waals surface area (Å²) in [5.41, 5.74) is 6.92. The summed E-state index contributed by atoms with van der Waals surface area (Å²) in [4.78, 5) is 16.5. The normalized spacial score (nSPS) is 33.4. The molecule has 0 saturated carbocycles. The molecule has 2 aromatic rings. The van der Waals surface area contributed by atoms with Crippen molar-refractivity contribution in [3.8, 4) is 0 Å². The SMILES string of the molecule is [CH3][Sn]1([CH3])[O]C2C(CO)OC(n3cnc4c(N)ncnc43)C2[O]1. The summed E-state index contributed by atoms with van der Waals surface area (Å²) in [6.45, 7) is -0.118. The molecule has 2 fully saturated rings. The van der Waals surface area contributed by atoms with Gasteiger partial charge in [-0.15, -0.1) is 0 Å². The summed E-state index contributed by atoms with van der Waals surface area (Å²) >= 11 is -2.97. The summed E-state index contributed by atoms with van der Waals surface area (Å²) in [7, 11) is 0. The minimum absolute atomic E-state index is 0.118. The van der Waals surface area contributed by atoms with E-state index in [1.807, 2.05) is 9.88 Å². The molecule has 2 aliphatic rings. The van der Waals surface area contributed by atoms with Crippen molar-refractivity contribution >= 4 is 36.2 Å². The summed E-state index contributed by atoms with van der Waals surface area (Å²) < 4.78 is 19.9. The second kappa shape index (κ2) is 4.99. The van der Waals surface area contributed by atoms with Crippen LogP contribution in [0.25, 0.3) is 11.2 Å². The molecular formula is C12H17N5O4Sn. The van der Waals surface area contributed by atoms with Crippen LogP contribution in [0.3, 0.4) is 0 Å². The number of ether oxygens (including phenoxy) is 1. The Hall–Kier alpha value is -1.01. The zero-order valence-corrected chi connectivity index (χ0v) is 15.1. The van der Waals surface area contributed by atoms with Crippen molar-refractivity contribution in [3.05, 3.63) is 12.7 Å². The Morgan fingerprint density at radius 2 is 2.05 bits per heavy atom. The number of nitrogens with zero attached hydrogens (tertiary/aromatic N) is 4. The standard InChI is InChI=1S/C10H11N5O4.2CH3.Sn/c11-8-5-9(13-2-12-8)15(3-14-5)10-7(18)6(17)4(1-16)19-10;;;/h2-4,6-7,10,16H,1H2,(H2,11,12,13);2*1H3;/q-2;;;+2. The number of hydrogen-bond acceptors (Lipinski definition) is 8. The van der Waals surface area contributed by atoms with Crippen molar-refractivity contribution in [3.63, 3.8) is 0 Å². The maximum absolute atomic E-state index is 9.55. The quantitative estimate of drug-likeness (QED) is 0.649. The molecule has 2 saturated heterocycles. The third-order valence-electron chi connectivity index (χ3n) is 3.97. The van der Waals surface area contributed by atoms with Crippen molar-refractivity contribution in [2.75, 3.05) is 12.3 Å². The number of nitrogen functional groups attached to an aromatic ring is 1. The second-order valence-corrected chi connectivity index (χ2v) is 15.2. The minimum atomic E-state index is -2.97. The third-order valence-corrected chi connectivity index (χ3v) is 8.76. The van der Waals surface area contributed by atoms with Gasteiger partial charge < -0.3 is 0 Å². The van der Waals surface area contributed by atoms with E-state index in [1.54, 1.807) is 10.9 Å². The van der Waals surface area contributed by atoms with Crippen LogP contribution >= 0.6 is 0 Å². The van der Waals surface area contributed by atoms with Crippen molar-refractivity contribution in [2.45, 2.75) is 34.4 Å². The van der Waals surface area contributed by atoms with Crippen molar-refractivity contribution in [1.29, 1.82) is 0 Å². The summed E-state index contributed by atoms with van der Waals surface area (Å²) in [6, 6.07) is 0. The predicted octanol–water partition coefficient (Wildman–Crippen LogP) is -0.216. The fourth-order valence-corrected chi connectivity index (χ4v) is 8.52. The van der Waals surface area contributed by atoms with Gasteiger partial charge in [0, 0.05) is 0 Å². The molecule has 2 aromatic heterocycles. The van der Waals surface area contributed by atoms with E-state index < -0.39 is 31.5 Å². The molecule has 4 rings (SSSR count). The summed E-state index contributed by atoms with van der Waals surface area (Å²) in [5, 5.41) is 9.55. The molecule has 0 radical (unpaired) electrons. The first-order valence-electron chi connectivity index (χ1n) is 7.05. The Bertz CT molecular complexity index is 723. The number of anilines is 1. The average Bonchev–Trinajstić information content (AvgIpc) is 3.10. The monoisotopic (exact) mass is 415 g/mol. The molecule has 4 unspecified atom stereocenters. The molecule has 0 bridgehead atoms. The van der Waals surface area contributed by atoms with Gasteiger partial charge in [0.2, 0.25) is 0 Å². The molecule has 10 heteroatoms. The van der Waals surface area contributed by atoms with E-state index in [-0.39, 0.29) is 18.8 Å². The van der Waals surface area contributed by atoms with Gasteiger partial charge in [-0.25, -0.2) is 0 Å². The molecule has 2 aliphatic heterocycles. The fourth-order valence-electron chi connectivity index (χ4n) is 3.09. The summed E-state index contributed by atoms with van der Waals surface area (Å²) in [5.74, 6) is 0.320. The van der Waals surface area contributed by atoms with Gasteiger partial charge in [-0.05, 0) is 0 Å². The van der Waals surface area contributed by atoms with Crippen LogP contribution in [-0.2, 0) is 10.9 Å². The predicted molar refractivity (Wildman–Crippen MR) is 78.0 cm³/mol. The number of aromatic nitrogens is 4. The van der Waals surface area contributed by atoms with E-state index in [4.69, 9.17) is 16.6 Å². The molecule has 22 heavy (non-hydrogen) atoms. The first kappa shape index (κ1) is 14.6. The average molecular weight is 414 g/mol. The zero-order valence-electron chi connectivity index (χ0n) is 12.2. The van der Waals surface area contributed by atoms with Crippen LogP contribution in [0.1, 0.15) is 6.23 Å². The van der Waals surface area contributed by atoms with Crippen molar-refractivity contribution in [2.24, 2.45) is 0 Å². The molecule has 0 spiro atoms. The van der Waals surface area contributed by atoms with E-state index >= 15 is 0 Å². The van der Waals surface area contributed by atoms with Gasteiger partial charge in [0.15, 0.2) is 0 Å². The molecule has 4 heterocycles. The molecule has 0 aliphatic carbocycles. The Kier molecular flexibility index (Phi) is 3.31. The van der Waals surface area contributed by atoms with Crippen LogP contribution in [0, 0.1) is 0 Å². The van der Waals surface area contributed by atoms with E-state index in [0.29, 0.717) is 17.0 Å². The number of fused-ring (bicyclic) bond motifs is 2. The van der Waals surface area contributed by atoms with Gasteiger partial charge >= 0.3 is 131 Å². The molecular weight excluding hydrogens is 397 g/mol. The molecule has 118 valence electrons. The van der Waals surface area contributed by atoms with Crippen LogP contribution in [0.15, 0.2) is 12.7 Å². The van der Waals surface area contributed by atoms with E-state index in [0.717, 1.165) is 0 Å². The number of nitrogens with two attached hydrogens (primary N) is 1. The van der Waals surface area contributed by atoms with Crippen LogP contribution in [0.4, 0.5) is 5.82 Å². The Morgan fingerprint density at radius 1 is 1.27 bits per heavy atom. The number of imidazole rings is 1. The molecule has 0 amide bonds. The van der Waals surface area contributed by atoms with Crippen LogP contribution in [-0.4, -0.2) is 68.7 Å². The van der Waals surface area contributed by atoms with Gasteiger partial charge in [-0.2, -0.15) is 0 Å². The van der Waals surface area contributed by atoms with Gasteiger partial charge in [-0.1, -0.05) is 0 Å². The topological polar surface area (TPSA) is 118 Å². The number of hydrogen-bond donors (Lipinski definition) is 2. The van der Waals surface area contributed by atoms with E-state index in [1.165, 1.54) is 6.33 Å². The number of aliphatic hydroxyl groups is 1. The Morgan fingerprint density at radius 3 is 2.82 bits per heavy atom. The number of aliphatic hydroxyl groups excluding tert-OH is 1. The van der Waals surface area contributed by atoms with Gasteiger partial charge in [-0.3, -0.25) is 0 Å². The first-order chi connectivity index (χ1) is 10.5. The molecule has 9 nitrogen and oxygen atoms in total. The third kappa shape index (κ3) is 2.11. The Balaban J connectivity index is 1.77. The van der Waals surface area contributed by atoms with Crippen LogP contribution in [0.2, 0.25) is 9.88 Å². The van der Waals surface area contributed by atoms with Crippen LogP contribution in [0.5, 0.6) is 0 Å². The van der Waals surface area contributed by atoms with Gasteiger partial charge in [0.1, 0.15) is 0 Å².